The summed E-state index contributed by atoms with van der Waals surface area (Å²) in [4.78, 5) is 27.4. The van der Waals surface area contributed by atoms with E-state index in [1.807, 2.05) is 78.9 Å². The number of imide groups is 1. The van der Waals surface area contributed by atoms with Crippen LogP contribution in [-0.4, -0.2) is 16.8 Å². The maximum atomic E-state index is 13.3. The SMILES string of the molecule is CC(C)c1ccc([C@]2(C)NC(=O)N(Cc3ccccc3Oc3ccccc3)C2=O)cc1. The Bertz CT molecular complexity index is 1090. The molecule has 1 heterocycles. The van der Waals surface area contributed by atoms with E-state index >= 15 is 0 Å². The van der Waals surface area contributed by atoms with Crippen LogP contribution in [0.1, 0.15) is 43.4 Å². The van der Waals surface area contributed by atoms with Crippen LogP contribution in [0.4, 0.5) is 4.79 Å². The van der Waals surface area contributed by atoms with Crippen molar-refractivity contribution in [1.29, 1.82) is 0 Å². The molecule has 1 aliphatic rings. The van der Waals surface area contributed by atoms with Crippen LogP contribution in [0.5, 0.6) is 11.5 Å². The minimum atomic E-state index is -1.10. The first-order valence-corrected chi connectivity index (χ1v) is 10.4. The fraction of sp³-hybridized carbons (Fsp3) is 0.231. The monoisotopic (exact) mass is 414 g/mol. The molecule has 0 aliphatic carbocycles. The molecule has 5 heteroatoms. The van der Waals surface area contributed by atoms with Crippen LogP contribution in [-0.2, 0) is 16.9 Å². The van der Waals surface area contributed by atoms with Crippen molar-refractivity contribution in [3.63, 3.8) is 0 Å². The Kier molecular flexibility index (Phi) is 5.51. The molecule has 0 aromatic heterocycles. The quantitative estimate of drug-likeness (QED) is 0.537. The second-order valence-corrected chi connectivity index (χ2v) is 8.25. The highest BCUT2D eigenvalue weighted by Gasteiger charge is 2.49. The fourth-order valence-corrected chi connectivity index (χ4v) is 3.76. The Morgan fingerprint density at radius 2 is 1.55 bits per heavy atom. The first kappa shape index (κ1) is 20.7. The van der Waals surface area contributed by atoms with Gasteiger partial charge in [-0.2, -0.15) is 0 Å². The van der Waals surface area contributed by atoms with Gasteiger partial charge in [0.1, 0.15) is 17.0 Å². The number of benzene rings is 3. The molecule has 0 bridgehead atoms. The first-order valence-electron chi connectivity index (χ1n) is 10.4. The maximum absolute atomic E-state index is 13.3. The Morgan fingerprint density at radius 3 is 2.23 bits per heavy atom. The van der Waals surface area contributed by atoms with Crippen LogP contribution >= 0.6 is 0 Å². The van der Waals surface area contributed by atoms with Crippen LogP contribution < -0.4 is 10.1 Å². The summed E-state index contributed by atoms with van der Waals surface area (Å²) in [6.07, 6.45) is 0. The molecular formula is C26H26N2O3. The molecule has 5 nitrogen and oxygen atoms in total. The molecule has 0 saturated carbocycles. The van der Waals surface area contributed by atoms with Gasteiger partial charge in [-0.1, -0.05) is 74.5 Å². The van der Waals surface area contributed by atoms with Gasteiger partial charge < -0.3 is 10.1 Å². The molecule has 1 fully saturated rings. The van der Waals surface area contributed by atoms with Crippen LogP contribution in [0.2, 0.25) is 0 Å². The summed E-state index contributed by atoms with van der Waals surface area (Å²) in [6, 6.07) is 24.3. The van der Waals surface area contributed by atoms with Crippen molar-refractivity contribution >= 4 is 11.9 Å². The van der Waals surface area contributed by atoms with E-state index in [-0.39, 0.29) is 12.5 Å². The van der Waals surface area contributed by atoms with Gasteiger partial charge >= 0.3 is 6.03 Å². The number of nitrogens with zero attached hydrogens (tertiary/aromatic N) is 1. The lowest BCUT2D eigenvalue weighted by Crippen LogP contribution is -2.40. The molecule has 0 spiro atoms. The van der Waals surface area contributed by atoms with Crippen LogP contribution in [0.25, 0.3) is 0 Å². The summed E-state index contributed by atoms with van der Waals surface area (Å²) in [6.45, 7) is 6.13. The average Bonchev–Trinajstić information content (AvgIpc) is 2.99. The predicted octanol–water partition coefficient (Wildman–Crippen LogP) is 5.57. The van der Waals surface area contributed by atoms with Crippen molar-refractivity contribution in [1.82, 2.24) is 10.2 Å². The molecule has 31 heavy (non-hydrogen) atoms. The Labute approximate surface area is 182 Å². The van der Waals surface area contributed by atoms with Crippen molar-refractivity contribution in [2.24, 2.45) is 0 Å². The highest BCUT2D eigenvalue weighted by atomic mass is 16.5. The van der Waals surface area contributed by atoms with Crippen LogP contribution in [0.3, 0.4) is 0 Å². The number of carbonyl (C=O) groups excluding carboxylic acids is 2. The number of amides is 3. The average molecular weight is 415 g/mol. The topological polar surface area (TPSA) is 58.6 Å². The number of urea groups is 1. The predicted molar refractivity (Wildman–Crippen MR) is 120 cm³/mol. The smallest absolute Gasteiger partial charge is 0.325 e. The summed E-state index contributed by atoms with van der Waals surface area (Å²) in [7, 11) is 0. The number of hydrogen-bond acceptors (Lipinski definition) is 3. The normalized spacial score (nSPS) is 18.4. The summed E-state index contributed by atoms with van der Waals surface area (Å²) in [5, 5.41) is 2.88. The van der Waals surface area contributed by atoms with Crippen LogP contribution in [0.15, 0.2) is 78.9 Å². The number of hydrogen-bond donors (Lipinski definition) is 1. The van der Waals surface area contributed by atoms with Gasteiger partial charge in [0.15, 0.2) is 0 Å². The van der Waals surface area contributed by atoms with E-state index in [1.54, 1.807) is 6.92 Å². The molecule has 0 unspecified atom stereocenters. The number of ether oxygens (including phenoxy) is 1. The highest BCUT2D eigenvalue weighted by molar-refractivity contribution is 6.07. The second-order valence-electron chi connectivity index (χ2n) is 8.25. The minimum absolute atomic E-state index is 0.132. The number of nitrogens with one attached hydrogen (secondary N) is 1. The third-order valence-corrected chi connectivity index (χ3v) is 5.70. The van der Waals surface area contributed by atoms with Crippen molar-refractivity contribution in [3.8, 4) is 11.5 Å². The number of rotatable bonds is 6. The minimum Gasteiger partial charge on any atom is -0.457 e. The van der Waals surface area contributed by atoms with Crippen molar-refractivity contribution in [2.75, 3.05) is 0 Å². The lowest BCUT2D eigenvalue weighted by Gasteiger charge is -2.23. The Balaban J connectivity index is 1.58. The standard InChI is InChI=1S/C26H26N2O3/c1-18(2)19-13-15-21(16-14-19)26(3)24(29)28(25(30)27-26)17-20-9-7-8-12-23(20)31-22-10-5-4-6-11-22/h4-16,18H,17H2,1-3H3,(H,27,30)/t26-/m0/s1. The molecule has 3 amide bonds. The first-order chi connectivity index (χ1) is 14.9. The van der Waals surface area contributed by atoms with Gasteiger partial charge in [-0.15, -0.1) is 0 Å². The number of carbonyl (C=O) groups is 2. The summed E-state index contributed by atoms with van der Waals surface area (Å²) < 4.78 is 5.99. The zero-order valence-corrected chi connectivity index (χ0v) is 18.0. The molecular weight excluding hydrogens is 388 g/mol. The van der Waals surface area contributed by atoms with Crippen molar-refractivity contribution in [2.45, 2.75) is 38.8 Å². The van der Waals surface area contributed by atoms with E-state index < -0.39 is 11.6 Å². The molecule has 4 rings (SSSR count). The van der Waals surface area contributed by atoms with Crippen LogP contribution in [0, 0.1) is 0 Å². The largest absolute Gasteiger partial charge is 0.457 e. The van der Waals surface area contributed by atoms with E-state index in [0.717, 1.165) is 11.1 Å². The Hall–Kier alpha value is -3.60. The van der Waals surface area contributed by atoms with Crippen molar-refractivity contribution in [3.05, 3.63) is 95.6 Å². The maximum Gasteiger partial charge on any atom is 0.325 e. The van der Waals surface area contributed by atoms with E-state index in [1.165, 1.54) is 10.5 Å². The van der Waals surface area contributed by atoms with Gasteiger partial charge in [0, 0.05) is 5.56 Å². The van der Waals surface area contributed by atoms with Gasteiger partial charge in [0.05, 0.1) is 6.54 Å². The number of para-hydroxylation sites is 2. The molecule has 1 saturated heterocycles. The molecule has 1 aliphatic heterocycles. The van der Waals surface area contributed by atoms with E-state index in [4.69, 9.17) is 4.74 Å². The van der Waals surface area contributed by atoms with Gasteiger partial charge in [0.2, 0.25) is 0 Å². The van der Waals surface area contributed by atoms with Gasteiger partial charge in [-0.25, -0.2) is 4.79 Å². The molecule has 3 aromatic rings. The molecule has 0 radical (unpaired) electrons. The molecule has 1 N–H and O–H groups in total. The van der Waals surface area contributed by atoms with Gasteiger partial charge in [0.25, 0.3) is 5.91 Å². The zero-order chi connectivity index (χ0) is 22.0. The van der Waals surface area contributed by atoms with Crippen molar-refractivity contribution < 1.29 is 14.3 Å². The highest BCUT2D eigenvalue weighted by Crippen LogP contribution is 2.33. The van der Waals surface area contributed by atoms with Gasteiger partial charge in [-0.05, 0) is 42.2 Å². The third kappa shape index (κ3) is 4.04. The third-order valence-electron chi connectivity index (χ3n) is 5.70. The zero-order valence-electron chi connectivity index (χ0n) is 18.0. The van der Waals surface area contributed by atoms with Gasteiger partial charge in [-0.3, -0.25) is 9.69 Å². The fourth-order valence-electron chi connectivity index (χ4n) is 3.76. The molecule has 158 valence electrons. The van der Waals surface area contributed by atoms with E-state index in [2.05, 4.69) is 19.2 Å². The molecule has 3 aromatic carbocycles. The van der Waals surface area contributed by atoms with E-state index in [0.29, 0.717) is 17.4 Å². The summed E-state index contributed by atoms with van der Waals surface area (Å²) in [5.74, 6) is 1.43. The Morgan fingerprint density at radius 1 is 0.903 bits per heavy atom. The molecule has 1 atom stereocenters. The summed E-state index contributed by atoms with van der Waals surface area (Å²) >= 11 is 0. The lowest BCUT2D eigenvalue weighted by molar-refractivity contribution is -0.131. The summed E-state index contributed by atoms with van der Waals surface area (Å²) in [5.41, 5.74) is 1.62. The second kappa shape index (κ2) is 8.26. The lowest BCUT2D eigenvalue weighted by atomic mass is 9.90. The van der Waals surface area contributed by atoms with E-state index in [9.17, 15) is 9.59 Å².